The van der Waals surface area contributed by atoms with E-state index in [2.05, 4.69) is 12.1 Å². The van der Waals surface area contributed by atoms with Crippen molar-refractivity contribution in [3.8, 4) is 11.5 Å². The predicted molar refractivity (Wildman–Crippen MR) is 75.5 cm³/mol. The molecule has 5 heteroatoms. The van der Waals surface area contributed by atoms with E-state index in [0.29, 0.717) is 18.1 Å². The van der Waals surface area contributed by atoms with Crippen LogP contribution in [-0.4, -0.2) is 36.1 Å². The van der Waals surface area contributed by atoms with Gasteiger partial charge in [-0.05, 0) is 24.8 Å². The third-order valence-corrected chi connectivity index (χ3v) is 3.28. The van der Waals surface area contributed by atoms with E-state index in [4.69, 9.17) is 14.7 Å². The van der Waals surface area contributed by atoms with Crippen LogP contribution in [0, 0.1) is 0 Å². The van der Waals surface area contributed by atoms with Gasteiger partial charge in [-0.2, -0.15) is 11.8 Å². The normalized spacial score (nSPS) is 11.4. The first-order valence-electron chi connectivity index (χ1n) is 5.80. The number of methoxy groups -OCH3 is 1. The van der Waals surface area contributed by atoms with Crippen molar-refractivity contribution in [2.75, 3.05) is 25.2 Å². The molecule has 0 bridgehead atoms. The average molecular weight is 269 g/mol. The first-order valence-corrected chi connectivity index (χ1v) is 6.96. The highest BCUT2D eigenvalue weighted by molar-refractivity contribution is 7.99. The fraction of sp³-hybridized carbons (Fsp3) is 0.462. The number of thioether (sulfide) groups is 1. The first-order chi connectivity index (χ1) is 8.72. The van der Waals surface area contributed by atoms with Gasteiger partial charge in [-0.25, -0.2) is 0 Å². The van der Waals surface area contributed by atoms with Crippen LogP contribution < -0.4 is 9.47 Å². The van der Waals surface area contributed by atoms with Crippen LogP contribution in [-0.2, 0) is 0 Å². The third kappa shape index (κ3) is 4.14. The maximum atomic E-state index is 8.85. The Hall–Kier alpha value is -1.36. The Bertz CT molecular complexity index is 407. The summed E-state index contributed by atoms with van der Waals surface area (Å²) in [5, 5.41) is 12.1. The first kappa shape index (κ1) is 14.7. The van der Waals surface area contributed by atoms with Crippen LogP contribution in [0.5, 0.6) is 11.5 Å². The van der Waals surface area contributed by atoms with E-state index in [1.54, 1.807) is 20.1 Å². The summed E-state index contributed by atoms with van der Waals surface area (Å²) in [5.74, 6) is 3.41. The van der Waals surface area contributed by atoms with Crippen molar-refractivity contribution in [1.82, 2.24) is 0 Å². The van der Waals surface area contributed by atoms with Crippen molar-refractivity contribution < 1.29 is 14.7 Å². The molecule has 0 unspecified atom stereocenters. The maximum Gasteiger partial charge on any atom is 0.132 e. The van der Waals surface area contributed by atoms with Gasteiger partial charge in [-0.15, -0.1) is 0 Å². The fourth-order valence-corrected chi connectivity index (χ4v) is 1.95. The van der Waals surface area contributed by atoms with E-state index in [1.165, 1.54) is 0 Å². The summed E-state index contributed by atoms with van der Waals surface area (Å²) < 4.78 is 10.9. The largest absolute Gasteiger partial charge is 0.497 e. The Balaban J connectivity index is 2.83. The second-order valence-corrected chi connectivity index (χ2v) is 4.99. The van der Waals surface area contributed by atoms with Crippen molar-refractivity contribution in [3.63, 3.8) is 0 Å². The van der Waals surface area contributed by atoms with E-state index < -0.39 is 0 Å². The lowest BCUT2D eigenvalue weighted by Crippen LogP contribution is -2.06. The van der Waals surface area contributed by atoms with Crippen molar-refractivity contribution in [1.29, 1.82) is 0 Å². The quantitative estimate of drug-likeness (QED) is 0.358. The fourth-order valence-electron chi connectivity index (χ4n) is 1.46. The number of rotatable bonds is 7. The van der Waals surface area contributed by atoms with Crippen molar-refractivity contribution in [2.45, 2.75) is 13.8 Å². The van der Waals surface area contributed by atoms with E-state index in [0.717, 1.165) is 22.8 Å². The van der Waals surface area contributed by atoms with E-state index in [9.17, 15) is 0 Å². The number of oxime groups is 1. The van der Waals surface area contributed by atoms with Gasteiger partial charge in [-0.3, -0.25) is 0 Å². The zero-order valence-corrected chi connectivity index (χ0v) is 11.8. The lowest BCUT2D eigenvalue weighted by molar-refractivity contribution is 0.317. The Morgan fingerprint density at radius 1 is 1.44 bits per heavy atom. The van der Waals surface area contributed by atoms with Gasteiger partial charge < -0.3 is 14.7 Å². The van der Waals surface area contributed by atoms with Crippen molar-refractivity contribution in [2.24, 2.45) is 5.16 Å². The molecule has 0 aliphatic heterocycles. The van der Waals surface area contributed by atoms with Gasteiger partial charge in [0.15, 0.2) is 0 Å². The molecule has 1 rings (SSSR count). The molecule has 1 aromatic rings. The van der Waals surface area contributed by atoms with Gasteiger partial charge in [0.2, 0.25) is 0 Å². The third-order valence-electron chi connectivity index (χ3n) is 2.42. The van der Waals surface area contributed by atoms with Gasteiger partial charge in [-0.1, -0.05) is 12.1 Å². The topological polar surface area (TPSA) is 51.0 Å². The van der Waals surface area contributed by atoms with Crippen LogP contribution in [0.15, 0.2) is 23.4 Å². The zero-order chi connectivity index (χ0) is 13.4. The van der Waals surface area contributed by atoms with Crippen LogP contribution >= 0.6 is 11.8 Å². The van der Waals surface area contributed by atoms with E-state index in [1.807, 2.05) is 23.9 Å². The SMILES string of the molecule is CCSCCOc1cc(OC)ccc1/C(C)=N/O. The molecular formula is C13H19NO3S. The zero-order valence-electron chi connectivity index (χ0n) is 11.0. The van der Waals surface area contributed by atoms with Crippen LogP contribution in [0.25, 0.3) is 0 Å². The lowest BCUT2D eigenvalue weighted by Gasteiger charge is -2.12. The van der Waals surface area contributed by atoms with Gasteiger partial charge >= 0.3 is 0 Å². The van der Waals surface area contributed by atoms with Gasteiger partial charge in [0, 0.05) is 17.4 Å². The molecule has 0 aromatic heterocycles. The smallest absolute Gasteiger partial charge is 0.132 e. The Morgan fingerprint density at radius 3 is 2.83 bits per heavy atom. The summed E-state index contributed by atoms with van der Waals surface area (Å²) in [5.41, 5.74) is 1.30. The maximum absolute atomic E-state index is 8.85. The van der Waals surface area contributed by atoms with Gasteiger partial charge in [0.25, 0.3) is 0 Å². The number of hydrogen-bond acceptors (Lipinski definition) is 5. The molecule has 0 fully saturated rings. The summed E-state index contributed by atoms with van der Waals surface area (Å²) in [6, 6.07) is 5.45. The van der Waals surface area contributed by atoms with Crippen molar-refractivity contribution >= 4 is 17.5 Å². The molecule has 0 heterocycles. The Morgan fingerprint density at radius 2 is 2.22 bits per heavy atom. The molecule has 1 aromatic carbocycles. The average Bonchev–Trinajstić information content (AvgIpc) is 2.42. The molecule has 100 valence electrons. The Kier molecular flexibility index (Phi) is 6.43. The molecule has 0 saturated carbocycles. The van der Waals surface area contributed by atoms with Crippen LogP contribution in [0.1, 0.15) is 19.4 Å². The number of hydrogen-bond donors (Lipinski definition) is 1. The molecule has 0 amide bonds. The van der Waals surface area contributed by atoms with Crippen LogP contribution in [0.2, 0.25) is 0 Å². The highest BCUT2D eigenvalue weighted by Crippen LogP contribution is 2.25. The molecule has 1 N–H and O–H groups in total. The van der Waals surface area contributed by atoms with Crippen molar-refractivity contribution in [3.05, 3.63) is 23.8 Å². The molecule has 0 atom stereocenters. The molecular weight excluding hydrogens is 250 g/mol. The second-order valence-electron chi connectivity index (χ2n) is 3.59. The van der Waals surface area contributed by atoms with Crippen LogP contribution in [0.4, 0.5) is 0 Å². The molecule has 4 nitrogen and oxygen atoms in total. The summed E-state index contributed by atoms with van der Waals surface area (Å²) in [7, 11) is 1.61. The van der Waals surface area contributed by atoms with E-state index >= 15 is 0 Å². The molecule has 0 radical (unpaired) electrons. The highest BCUT2D eigenvalue weighted by Gasteiger charge is 2.09. The summed E-state index contributed by atoms with van der Waals surface area (Å²) >= 11 is 1.82. The second kappa shape index (κ2) is 7.87. The number of benzene rings is 1. The number of nitrogens with zero attached hydrogens (tertiary/aromatic N) is 1. The number of ether oxygens (including phenoxy) is 2. The predicted octanol–water partition coefficient (Wildman–Crippen LogP) is 3.03. The summed E-state index contributed by atoms with van der Waals surface area (Å²) in [6.45, 7) is 4.47. The molecule has 0 saturated heterocycles. The molecule has 0 aliphatic rings. The van der Waals surface area contributed by atoms with Gasteiger partial charge in [0.05, 0.1) is 19.4 Å². The van der Waals surface area contributed by atoms with E-state index in [-0.39, 0.29) is 0 Å². The standard InChI is InChI=1S/C13H19NO3S/c1-4-18-8-7-17-13-9-11(16-3)5-6-12(13)10(2)14-15/h5-6,9,15H,4,7-8H2,1-3H3/b14-10+. The van der Waals surface area contributed by atoms with Gasteiger partial charge in [0.1, 0.15) is 11.5 Å². The minimum atomic E-state index is 0.524. The lowest BCUT2D eigenvalue weighted by atomic mass is 10.1. The summed E-state index contributed by atoms with van der Waals surface area (Å²) in [6.07, 6.45) is 0. The Labute approximate surface area is 112 Å². The van der Waals surface area contributed by atoms with Crippen LogP contribution in [0.3, 0.4) is 0 Å². The monoisotopic (exact) mass is 269 g/mol. The minimum Gasteiger partial charge on any atom is -0.497 e. The summed E-state index contributed by atoms with van der Waals surface area (Å²) in [4.78, 5) is 0. The minimum absolute atomic E-state index is 0.524. The molecule has 0 spiro atoms. The molecule has 18 heavy (non-hydrogen) atoms. The molecule has 0 aliphatic carbocycles. The highest BCUT2D eigenvalue weighted by atomic mass is 32.2.